The van der Waals surface area contributed by atoms with Gasteiger partial charge in [0, 0.05) is 4.91 Å². The summed E-state index contributed by atoms with van der Waals surface area (Å²) in [5.41, 5.74) is -0.136. The topological polar surface area (TPSA) is 12.0 Å². The van der Waals surface area contributed by atoms with Gasteiger partial charge in [-0.05, 0) is 18.4 Å². The summed E-state index contributed by atoms with van der Waals surface area (Å²) in [6.07, 6.45) is 5.51. The molecule has 1 unspecified atom stereocenters. The van der Waals surface area contributed by atoms with Gasteiger partial charge in [0.15, 0.2) is 0 Å². The summed E-state index contributed by atoms with van der Waals surface area (Å²) in [6.45, 7) is 0. The standard InChI is InChI=1S/C5H6ClNS/c6-5-4(8)2-1-3-7-5/h1-3,5,7-8H. The summed E-state index contributed by atoms with van der Waals surface area (Å²) < 4.78 is 0. The number of hydrogen-bond acceptors (Lipinski definition) is 2. The lowest BCUT2D eigenvalue weighted by Crippen LogP contribution is -2.19. The molecule has 1 rings (SSSR count). The van der Waals surface area contributed by atoms with E-state index in [0.717, 1.165) is 4.91 Å². The van der Waals surface area contributed by atoms with Crippen molar-refractivity contribution in [3.63, 3.8) is 0 Å². The van der Waals surface area contributed by atoms with Crippen molar-refractivity contribution in [1.29, 1.82) is 0 Å². The van der Waals surface area contributed by atoms with E-state index in [1.54, 1.807) is 6.20 Å². The largest absolute Gasteiger partial charge is 0.371 e. The minimum absolute atomic E-state index is 0.136. The highest BCUT2D eigenvalue weighted by molar-refractivity contribution is 7.84. The molecular weight excluding hydrogens is 142 g/mol. The zero-order valence-electron chi connectivity index (χ0n) is 4.13. The van der Waals surface area contributed by atoms with Crippen molar-refractivity contribution < 1.29 is 0 Å². The van der Waals surface area contributed by atoms with E-state index in [2.05, 4.69) is 17.9 Å². The molecule has 1 heterocycles. The zero-order valence-corrected chi connectivity index (χ0v) is 5.78. The Morgan fingerprint density at radius 1 is 1.75 bits per heavy atom. The Bertz CT molecular complexity index is 141. The molecule has 0 saturated carbocycles. The molecular formula is C5H6ClNS. The minimum Gasteiger partial charge on any atom is -0.371 e. The molecule has 0 bridgehead atoms. The number of nitrogens with one attached hydrogen (secondary N) is 1. The molecule has 0 aromatic rings. The van der Waals surface area contributed by atoms with Crippen LogP contribution < -0.4 is 5.32 Å². The van der Waals surface area contributed by atoms with Crippen molar-refractivity contribution in [2.75, 3.05) is 0 Å². The van der Waals surface area contributed by atoms with E-state index in [0.29, 0.717) is 0 Å². The predicted octanol–water partition coefficient (Wildman–Crippen LogP) is 1.48. The normalized spacial score (nSPS) is 26.8. The van der Waals surface area contributed by atoms with Gasteiger partial charge in [0.25, 0.3) is 0 Å². The Hall–Kier alpha value is -0.0800. The third-order valence-electron chi connectivity index (χ3n) is 0.865. The van der Waals surface area contributed by atoms with Gasteiger partial charge in [-0.3, -0.25) is 0 Å². The summed E-state index contributed by atoms with van der Waals surface area (Å²) in [4.78, 5) is 0.856. The molecule has 0 saturated heterocycles. The third-order valence-corrected chi connectivity index (χ3v) is 1.79. The summed E-state index contributed by atoms with van der Waals surface area (Å²) in [5, 5.41) is 2.87. The quantitative estimate of drug-likeness (QED) is 0.301. The van der Waals surface area contributed by atoms with Gasteiger partial charge in [0.1, 0.15) is 5.50 Å². The van der Waals surface area contributed by atoms with Crippen molar-refractivity contribution in [2.45, 2.75) is 5.50 Å². The second kappa shape index (κ2) is 2.46. The highest BCUT2D eigenvalue weighted by atomic mass is 35.5. The second-order valence-electron chi connectivity index (χ2n) is 1.48. The molecule has 1 aliphatic heterocycles. The average molecular weight is 148 g/mol. The first-order valence-corrected chi connectivity index (χ1v) is 3.15. The van der Waals surface area contributed by atoms with Crippen LogP contribution in [0.5, 0.6) is 0 Å². The van der Waals surface area contributed by atoms with Crippen LogP contribution in [0.15, 0.2) is 23.3 Å². The third kappa shape index (κ3) is 1.20. The van der Waals surface area contributed by atoms with E-state index in [1.807, 2.05) is 12.2 Å². The van der Waals surface area contributed by atoms with E-state index in [4.69, 9.17) is 11.6 Å². The highest BCUT2D eigenvalue weighted by Gasteiger charge is 2.04. The Morgan fingerprint density at radius 2 is 2.50 bits per heavy atom. The van der Waals surface area contributed by atoms with Gasteiger partial charge in [-0.15, -0.1) is 12.6 Å². The number of alkyl halides is 1. The molecule has 1 atom stereocenters. The maximum atomic E-state index is 5.66. The first-order chi connectivity index (χ1) is 3.80. The summed E-state index contributed by atoms with van der Waals surface area (Å²) in [7, 11) is 0. The molecule has 0 aromatic carbocycles. The SMILES string of the molecule is SC1=CC=CNC1Cl. The van der Waals surface area contributed by atoms with Gasteiger partial charge in [0.05, 0.1) is 0 Å². The number of hydrogen-bond donors (Lipinski definition) is 2. The Morgan fingerprint density at radius 3 is 2.88 bits per heavy atom. The molecule has 8 heavy (non-hydrogen) atoms. The molecule has 0 aromatic heterocycles. The van der Waals surface area contributed by atoms with E-state index in [-0.39, 0.29) is 5.50 Å². The van der Waals surface area contributed by atoms with Crippen LogP contribution in [-0.4, -0.2) is 5.50 Å². The first kappa shape index (κ1) is 6.05. The van der Waals surface area contributed by atoms with Crippen molar-refractivity contribution in [2.24, 2.45) is 0 Å². The van der Waals surface area contributed by atoms with Gasteiger partial charge in [-0.1, -0.05) is 11.6 Å². The molecule has 1 nitrogen and oxygen atoms in total. The minimum atomic E-state index is -0.136. The molecule has 0 aliphatic carbocycles. The van der Waals surface area contributed by atoms with E-state index >= 15 is 0 Å². The Labute approximate surface area is 58.8 Å². The van der Waals surface area contributed by atoms with Crippen LogP contribution in [0.4, 0.5) is 0 Å². The summed E-state index contributed by atoms with van der Waals surface area (Å²) in [6, 6.07) is 0. The van der Waals surface area contributed by atoms with Gasteiger partial charge in [0.2, 0.25) is 0 Å². The fourth-order valence-electron chi connectivity index (χ4n) is 0.457. The number of dihydropyridines is 1. The zero-order chi connectivity index (χ0) is 5.98. The monoisotopic (exact) mass is 147 g/mol. The molecule has 3 heteroatoms. The fraction of sp³-hybridized carbons (Fsp3) is 0.200. The van der Waals surface area contributed by atoms with Gasteiger partial charge >= 0.3 is 0 Å². The van der Waals surface area contributed by atoms with Crippen molar-refractivity contribution >= 4 is 24.2 Å². The van der Waals surface area contributed by atoms with Crippen LogP contribution in [-0.2, 0) is 0 Å². The van der Waals surface area contributed by atoms with Crippen molar-refractivity contribution in [3.8, 4) is 0 Å². The van der Waals surface area contributed by atoms with Crippen molar-refractivity contribution in [3.05, 3.63) is 23.3 Å². The van der Waals surface area contributed by atoms with Crippen LogP contribution in [0.1, 0.15) is 0 Å². The second-order valence-corrected chi connectivity index (χ2v) is 2.43. The first-order valence-electron chi connectivity index (χ1n) is 2.26. The number of rotatable bonds is 0. The van der Waals surface area contributed by atoms with Crippen LogP contribution >= 0.6 is 24.2 Å². The highest BCUT2D eigenvalue weighted by Crippen LogP contribution is 2.13. The van der Waals surface area contributed by atoms with Crippen molar-refractivity contribution in [1.82, 2.24) is 5.32 Å². The smallest absolute Gasteiger partial charge is 0.132 e. The van der Waals surface area contributed by atoms with Crippen LogP contribution in [0, 0.1) is 0 Å². The maximum absolute atomic E-state index is 5.66. The summed E-state index contributed by atoms with van der Waals surface area (Å²) >= 11 is 9.73. The lowest BCUT2D eigenvalue weighted by Gasteiger charge is -2.11. The molecule has 0 amide bonds. The Balaban J connectivity index is 2.66. The lowest BCUT2D eigenvalue weighted by molar-refractivity contribution is 0.892. The fourth-order valence-corrected chi connectivity index (χ4v) is 0.763. The molecule has 44 valence electrons. The lowest BCUT2D eigenvalue weighted by atomic mass is 10.4. The number of allylic oxidation sites excluding steroid dienone is 2. The van der Waals surface area contributed by atoms with Gasteiger partial charge in [-0.25, -0.2) is 0 Å². The predicted molar refractivity (Wildman–Crippen MR) is 39.0 cm³/mol. The van der Waals surface area contributed by atoms with Crippen LogP contribution in [0.25, 0.3) is 0 Å². The van der Waals surface area contributed by atoms with Gasteiger partial charge in [-0.2, -0.15) is 0 Å². The summed E-state index contributed by atoms with van der Waals surface area (Å²) in [5.74, 6) is 0. The molecule has 0 radical (unpaired) electrons. The maximum Gasteiger partial charge on any atom is 0.132 e. The molecule has 1 aliphatic rings. The molecule has 0 spiro atoms. The molecule has 1 N–H and O–H groups in total. The van der Waals surface area contributed by atoms with Gasteiger partial charge < -0.3 is 5.32 Å². The van der Waals surface area contributed by atoms with E-state index < -0.39 is 0 Å². The van der Waals surface area contributed by atoms with Crippen LogP contribution in [0.2, 0.25) is 0 Å². The van der Waals surface area contributed by atoms with E-state index in [1.165, 1.54) is 0 Å². The number of halogens is 1. The van der Waals surface area contributed by atoms with E-state index in [9.17, 15) is 0 Å². The Kier molecular flexibility index (Phi) is 1.86. The molecule has 0 fully saturated rings. The average Bonchev–Trinajstić information content (AvgIpc) is 1.77. The number of thiol groups is 1. The van der Waals surface area contributed by atoms with Crippen LogP contribution in [0.3, 0.4) is 0 Å².